The van der Waals surface area contributed by atoms with Crippen LogP contribution in [-0.4, -0.2) is 20.4 Å². The van der Waals surface area contributed by atoms with Gasteiger partial charge in [-0.3, -0.25) is 4.79 Å². The van der Waals surface area contributed by atoms with Gasteiger partial charge < -0.3 is 4.42 Å². The van der Waals surface area contributed by atoms with Crippen molar-refractivity contribution >= 4 is 23.0 Å². The van der Waals surface area contributed by atoms with Crippen molar-refractivity contribution in [3.8, 4) is 11.1 Å². The lowest BCUT2D eigenvalue weighted by atomic mass is 9.85. The number of hydrogen-bond donors (Lipinski definition) is 0. The van der Waals surface area contributed by atoms with Crippen LogP contribution in [0, 0.1) is 0 Å². The Morgan fingerprint density at radius 1 is 1.21 bits per heavy atom. The van der Waals surface area contributed by atoms with E-state index < -0.39 is 0 Å². The Kier molecular flexibility index (Phi) is 4.05. The SMILES string of the molecule is CCc1nn2cc3c(nc2c1-c1ccc(Cl)cc1)CC(c1ccco1)CC3=O. The fourth-order valence-corrected chi connectivity index (χ4v) is 4.09. The van der Waals surface area contributed by atoms with Gasteiger partial charge in [-0.2, -0.15) is 5.10 Å². The number of aromatic nitrogens is 3. The molecule has 4 aromatic rings. The summed E-state index contributed by atoms with van der Waals surface area (Å²) < 4.78 is 7.28. The molecule has 1 unspecified atom stereocenters. The van der Waals surface area contributed by atoms with Crippen LogP contribution in [0.5, 0.6) is 0 Å². The lowest BCUT2D eigenvalue weighted by Crippen LogP contribution is -2.21. The van der Waals surface area contributed by atoms with Gasteiger partial charge in [0.25, 0.3) is 0 Å². The summed E-state index contributed by atoms with van der Waals surface area (Å²) in [7, 11) is 0. The van der Waals surface area contributed by atoms with E-state index in [1.54, 1.807) is 10.8 Å². The lowest BCUT2D eigenvalue weighted by Gasteiger charge is -2.21. The Morgan fingerprint density at radius 3 is 2.75 bits per heavy atom. The highest BCUT2D eigenvalue weighted by Crippen LogP contribution is 2.35. The first-order valence-electron chi connectivity index (χ1n) is 9.37. The highest BCUT2D eigenvalue weighted by atomic mass is 35.5. The predicted molar refractivity (Wildman–Crippen MR) is 107 cm³/mol. The second-order valence-electron chi connectivity index (χ2n) is 7.10. The summed E-state index contributed by atoms with van der Waals surface area (Å²) in [5, 5.41) is 5.38. The largest absolute Gasteiger partial charge is 0.469 e. The fraction of sp³-hybridized carbons (Fsp3) is 0.227. The van der Waals surface area contributed by atoms with Crippen LogP contribution in [0.1, 0.15) is 46.8 Å². The first kappa shape index (κ1) is 17.2. The van der Waals surface area contributed by atoms with E-state index in [1.165, 1.54) is 0 Å². The van der Waals surface area contributed by atoms with Crippen molar-refractivity contribution in [2.24, 2.45) is 0 Å². The molecule has 1 aromatic carbocycles. The first-order valence-corrected chi connectivity index (χ1v) is 9.75. The average molecular weight is 392 g/mol. The third-order valence-electron chi connectivity index (χ3n) is 5.35. The molecule has 0 N–H and O–H groups in total. The van der Waals surface area contributed by atoms with E-state index in [4.69, 9.17) is 26.1 Å². The number of ketones is 1. The zero-order valence-electron chi connectivity index (χ0n) is 15.4. The molecule has 1 aliphatic carbocycles. The van der Waals surface area contributed by atoms with Crippen LogP contribution in [0.2, 0.25) is 5.02 Å². The minimum Gasteiger partial charge on any atom is -0.469 e. The van der Waals surface area contributed by atoms with Crippen molar-refractivity contribution in [1.82, 2.24) is 14.6 Å². The topological polar surface area (TPSA) is 60.4 Å². The van der Waals surface area contributed by atoms with E-state index in [0.29, 0.717) is 23.4 Å². The molecule has 0 radical (unpaired) electrons. The predicted octanol–water partition coefficient (Wildman–Crippen LogP) is 5.12. The molecule has 0 fully saturated rings. The van der Waals surface area contributed by atoms with Gasteiger partial charge in [0.2, 0.25) is 0 Å². The second-order valence-corrected chi connectivity index (χ2v) is 7.53. The summed E-state index contributed by atoms with van der Waals surface area (Å²) in [6.45, 7) is 2.07. The Morgan fingerprint density at radius 2 is 2.04 bits per heavy atom. The Bertz CT molecular complexity index is 1180. The van der Waals surface area contributed by atoms with E-state index in [1.807, 2.05) is 42.6 Å². The quantitative estimate of drug-likeness (QED) is 0.486. The summed E-state index contributed by atoms with van der Waals surface area (Å²) >= 11 is 6.06. The summed E-state index contributed by atoms with van der Waals surface area (Å²) in [4.78, 5) is 17.7. The van der Waals surface area contributed by atoms with Crippen molar-refractivity contribution < 1.29 is 9.21 Å². The fourth-order valence-electron chi connectivity index (χ4n) is 3.97. The number of Topliss-reactive ketones (excluding diaryl/α,β-unsaturated/α-hetero) is 1. The molecule has 1 aliphatic rings. The first-order chi connectivity index (χ1) is 13.6. The molecular weight excluding hydrogens is 374 g/mol. The minimum absolute atomic E-state index is 0.0255. The average Bonchev–Trinajstić information content (AvgIpc) is 3.35. The summed E-state index contributed by atoms with van der Waals surface area (Å²) in [6, 6.07) is 11.5. The van der Waals surface area contributed by atoms with Gasteiger partial charge in [0.15, 0.2) is 11.4 Å². The Labute approximate surface area is 167 Å². The van der Waals surface area contributed by atoms with Gasteiger partial charge in [0.1, 0.15) is 5.76 Å². The number of carbonyl (C=O) groups excluding carboxylic acids is 1. The van der Waals surface area contributed by atoms with Crippen molar-refractivity contribution in [2.45, 2.75) is 32.1 Å². The molecule has 0 bridgehead atoms. The zero-order valence-corrected chi connectivity index (χ0v) is 16.1. The molecule has 140 valence electrons. The third kappa shape index (κ3) is 2.74. The van der Waals surface area contributed by atoms with Crippen molar-refractivity contribution in [3.05, 3.63) is 76.6 Å². The highest BCUT2D eigenvalue weighted by molar-refractivity contribution is 6.30. The molecule has 0 saturated heterocycles. The number of halogens is 1. The van der Waals surface area contributed by atoms with Crippen molar-refractivity contribution in [2.75, 3.05) is 0 Å². The van der Waals surface area contributed by atoms with E-state index in [9.17, 15) is 4.79 Å². The minimum atomic E-state index is 0.0255. The molecule has 1 atom stereocenters. The van der Waals surface area contributed by atoms with Gasteiger partial charge in [-0.25, -0.2) is 9.50 Å². The number of fused-ring (bicyclic) bond motifs is 2. The molecule has 3 aromatic heterocycles. The number of carbonyl (C=O) groups is 1. The van der Waals surface area contributed by atoms with Gasteiger partial charge >= 0.3 is 0 Å². The van der Waals surface area contributed by atoms with Gasteiger partial charge in [0, 0.05) is 35.5 Å². The van der Waals surface area contributed by atoms with Crippen LogP contribution in [-0.2, 0) is 12.8 Å². The number of aryl methyl sites for hydroxylation is 1. The molecule has 5 nitrogen and oxygen atoms in total. The van der Waals surface area contributed by atoms with Crippen LogP contribution in [0.15, 0.2) is 53.3 Å². The number of furan rings is 1. The van der Waals surface area contributed by atoms with Crippen LogP contribution in [0.3, 0.4) is 0 Å². The molecular formula is C22H18ClN3O2. The van der Waals surface area contributed by atoms with E-state index >= 15 is 0 Å². The van der Waals surface area contributed by atoms with E-state index in [2.05, 4.69) is 6.92 Å². The van der Waals surface area contributed by atoms with Crippen LogP contribution < -0.4 is 0 Å². The number of nitrogens with zero attached hydrogens (tertiary/aromatic N) is 3. The Balaban J connectivity index is 1.67. The second kappa shape index (κ2) is 6.60. The number of rotatable bonds is 3. The summed E-state index contributed by atoms with van der Waals surface area (Å²) in [5.41, 5.74) is 5.20. The van der Waals surface area contributed by atoms with Crippen LogP contribution >= 0.6 is 11.6 Å². The maximum Gasteiger partial charge on any atom is 0.167 e. The van der Waals surface area contributed by atoms with Crippen molar-refractivity contribution in [1.29, 1.82) is 0 Å². The van der Waals surface area contributed by atoms with E-state index in [-0.39, 0.29) is 11.7 Å². The molecule has 0 saturated carbocycles. The molecule has 0 spiro atoms. The van der Waals surface area contributed by atoms with Crippen LogP contribution in [0.25, 0.3) is 16.8 Å². The van der Waals surface area contributed by atoms with E-state index in [0.717, 1.165) is 40.3 Å². The smallest absolute Gasteiger partial charge is 0.167 e. The van der Waals surface area contributed by atoms with Gasteiger partial charge in [0.05, 0.1) is 23.2 Å². The lowest BCUT2D eigenvalue weighted by molar-refractivity contribution is 0.0958. The maximum absolute atomic E-state index is 12.8. The summed E-state index contributed by atoms with van der Waals surface area (Å²) in [6.07, 6.45) is 5.36. The van der Waals surface area contributed by atoms with Crippen LogP contribution in [0.4, 0.5) is 0 Å². The van der Waals surface area contributed by atoms with Crippen molar-refractivity contribution in [3.63, 3.8) is 0 Å². The molecule has 0 aliphatic heterocycles. The normalized spacial score (nSPS) is 16.5. The molecule has 28 heavy (non-hydrogen) atoms. The Hall–Kier alpha value is -2.92. The molecule has 5 rings (SSSR count). The highest BCUT2D eigenvalue weighted by Gasteiger charge is 2.30. The third-order valence-corrected chi connectivity index (χ3v) is 5.60. The monoisotopic (exact) mass is 391 g/mol. The molecule has 3 heterocycles. The van der Waals surface area contributed by atoms with Gasteiger partial charge in [-0.05, 0) is 36.2 Å². The standard InChI is InChI=1S/C22H18ClN3O2/c1-2-17-21(13-5-7-15(23)8-6-13)22-24-18-10-14(20-4-3-9-28-20)11-19(27)16(18)12-26(22)25-17/h3-9,12,14H,2,10-11H2,1H3. The molecule has 6 heteroatoms. The maximum atomic E-state index is 12.8. The zero-order chi connectivity index (χ0) is 19.3. The number of benzene rings is 1. The van der Waals surface area contributed by atoms with Gasteiger partial charge in [-0.1, -0.05) is 30.7 Å². The summed E-state index contributed by atoms with van der Waals surface area (Å²) in [5.74, 6) is 0.942. The number of hydrogen-bond acceptors (Lipinski definition) is 4. The molecule has 0 amide bonds. The van der Waals surface area contributed by atoms with Gasteiger partial charge in [-0.15, -0.1) is 0 Å².